The summed E-state index contributed by atoms with van der Waals surface area (Å²) in [6.07, 6.45) is 1.55. The lowest BCUT2D eigenvalue weighted by Gasteiger charge is -2.27. The number of methoxy groups -OCH3 is 2. The van der Waals surface area contributed by atoms with Gasteiger partial charge in [-0.05, 0) is 55.7 Å². The molecule has 2 aromatic carbocycles. The van der Waals surface area contributed by atoms with Crippen LogP contribution in [0.4, 0.5) is 4.39 Å². The van der Waals surface area contributed by atoms with Gasteiger partial charge in [0.05, 0.1) is 14.2 Å². The maximum Gasteiger partial charge on any atom is 0.254 e. The molecule has 6 nitrogen and oxygen atoms in total. The van der Waals surface area contributed by atoms with Gasteiger partial charge in [-0.3, -0.25) is 4.79 Å². The Morgan fingerprint density at radius 3 is 2.31 bits per heavy atom. The predicted molar refractivity (Wildman–Crippen MR) is 106 cm³/mol. The van der Waals surface area contributed by atoms with Crippen LogP contribution in [0.3, 0.4) is 0 Å². The number of rotatable bonds is 6. The second-order valence-electron chi connectivity index (χ2n) is 7.21. The van der Waals surface area contributed by atoms with E-state index in [0.29, 0.717) is 55.2 Å². The highest BCUT2D eigenvalue weighted by molar-refractivity contribution is 5.95. The molecule has 7 heteroatoms. The van der Waals surface area contributed by atoms with Crippen LogP contribution < -0.4 is 14.2 Å². The molecule has 0 spiro atoms. The molecule has 2 aromatic rings. The fraction of sp³-hybridized carbons (Fsp3) is 0.409. The van der Waals surface area contributed by atoms with Crippen LogP contribution in [0.5, 0.6) is 17.2 Å². The third-order valence-electron chi connectivity index (χ3n) is 5.12. The van der Waals surface area contributed by atoms with Crippen LogP contribution in [0.1, 0.15) is 29.6 Å². The molecule has 1 fully saturated rings. The smallest absolute Gasteiger partial charge is 0.254 e. The van der Waals surface area contributed by atoms with Crippen molar-refractivity contribution in [2.75, 3.05) is 33.9 Å². The molecule has 1 aliphatic rings. The summed E-state index contributed by atoms with van der Waals surface area (Å²) in [6, 6.07) is 10.8. The summed E-state index contributed by atoms with van der Waals surface area (Å²) >= 11 is 0. The molecule has 156 valence electrons. The highest BCUT2D eigenvalue weighted by Gasteiger charge is 2.33. The normalized spacial score (nSPS) is 19.4. The quantitative estimate of drug-likeness (QED) is 0.802. The van der Waals surface area contributed by atoms with E-state index in [0.717, 1.165) is 0 Å². The minimum absolute atomic E-state index is 0.0909. The minimum Gasteiger partial charge on any atom is -0.497 e. The summed E-state index contributed by atoms with van der Waals surface area (Å²) in [5.74, 6) is 1.12. The van der Waals surface area contributed by atoms with Crippen molar-refractivity contribution in [1.82, 2.24) is 4.90 Å². The van der Waals surface area contributed by atoms with Crippen molar-refractivity contribution in [2.24, 2.45) is 0 Å². The monoisotopic (exact) mass is 403 g/mol. The summed E-state index contributed by atoms with van der Waals surface area (Å²) in [4.78, 5) is 14.7. The summed E-state index contributed by atoms with van der Waals surface area (Å²) in [7, 11) is 3.08. The van der Waals surface area contributed by atoms with Gasteiger partial charge in [0.25, 0.3) is 5.91 Å². The van der Waals surface area contributed by atoms with E-state index in [9.17, 15) is 14.3 Å². The Bertz CT molecular complexity index is 819. The molecule has 29 heavy (non-hydrogen) atoms. The van der Waals surface area contributed by atoms with Crippen molar-refractivity contribution < 1.29 is 28.5 Å². The van der Waals surface area contributed by atoms with Crippen LogP contribution in [0.2, 0.25) is 0 Å². The fourth-order valence-corrected chi connectivity index (χ4v) is 3.39. The topological polar surface area (TPSA) is 68.2 Å². The fourth-order valence-electron chi connectivity index (χ4n) is 3.39. The molecule has 1 atom stereocenters. The maximum absolute atomic E-state index is 13.0. The van der Waals surface area contributed by atoms with Gasteiger partial charge in [0.15, 0.2) is 0 Å². The number of hydrogen-bond acceptors (Lipinski definition) is 5. The number of benzene rings is 2. The standard InChI is InChI=1S/C22H26FNO5/c1-27-19-12-16(13-20(14-19)28-2)21(25)24-10-3-8-22(26,9-11-24)15-29-18-6-4-17(23)5-7-18/h4-7,12-14,26H,3,8-11,15H2,1-2H3. The number of aliphatic hydroxyl groups is 1. The van der Waals surface area contributed by atoms with Gasteiger partial charge in [0, 0.05) is 24.7 Å². The van der Waals surface area contributed by atoms with Gasteiger partial charge in [-0.25, -0.2) is 4.39 Å². The largest absolute Gasteiger partial charge is 0.497 e. The van der Waals surface area contributed by atoms with Crippen molar-refractivity contribution in [3.63, 3.8) is 0 Å². The van der Waals surface area contributed by atoms with E-state index in [4.69, 9.17) is 14.2 Å². The van der Waals surface area contributed by atoms with E-state index in [1.54, 1.807) is 23.1 Å². The SMILES string of the molecule is COc1cc(OC)cc(C(=O)N2CCCC(O)(COc3ccc(F)cc3)CC2)c1. The first kappa shape index (κ1) is 20.9. The second-order valence-corrected chi connectivity index (χ2v) is 7.21. The lowest BCUT2D eigenvalue weighted by atomic mass is 9.96. The van der Waals surface area contributed by atoms with Crippen molar-refractivity contribution in [1.29, 1.82) is 0 Å². The Hall–Kier alpha value is -2.80. The zero-order valence-corrected chi connectivity index (χ0v) is 16.7. The number of carbonyl (C=O) groups is 1. The molecule has 0 aliphatic carbocycles. The van der Waals surface area contributed by atoms with E-state index in [-0.39, 0.29) is 18.3 Å². The Balaban J connectivity index is 1.64. The van der Waals surface area contributed by atoms with Gasteiger partial charge in [-0.1, -0.05) is 0 Å². The molecular formula is C22H26FNO5. The molecule has 0 bridgehead atoms. The molecule has 0 saturated carbocycles. The van der Waals surface area contributed by atoms with Gasteiger partial charge in [-0.15, -0.1) is 0 Å². The highest BCUT2D eigenvalue weighted by atomic mass is 19.1. The number of hydrogen-bond donors (Lipinski definition) is 1. The van der Waals surface area contributed by atoms with Crippen molar-refractivity contribution in [3.05, 3.63) is 53.8 Å². The lowest BCUT2D eigenvalue weighted by molar-refractivity contribution is -0.0163. The van der Waals surface area contributed by atoms with Crippen LogP contribution in [0.25, 0.3) is 0 Å². The third-order valence-corrected chi connectivity index (χ3v) is 5.12. The predicted octanol–water partition coefficient (Wildman–Crippen LogP) is 3.28. The van der Waals surface area contributed by atoms with E-state index in [2.05, 4.69) is 0 Å². The molecular weight excluding hydrogens is 377 g/mol. The summed E-state index contributed by atoms with van der Waals surface area (Å²) in [5.41, 5.74) is -0.565. The number of halogens is 1. The van der Waals surface area contributed by atoms with Crippen molar-refractivity contribution in [3.8, 4) is 17.2 Å². The van der Waals surface area contributed by atoms with Crippen LogP contribution in [-0.4, -0.2) is 55.4 Å². The molecule has 1 amide bonds. The Morgan fingerprint density at radius 1 is 1.03 bits per heavy atom. The second kappa shape index (κ2) is 9.13. The van der Waals surface area contributed by atoms with Crippen LogP contribution in [0.15, 0.2) is 42.5 Å². The Labute approximate surface area is 169 Å². The Morgan fingerprint density at radius 2 is 1.69 bits per heavy atom. The van der Waals surface area contributed by atoms with Crippen molar-refractivity contribution in [2.45, 2.75) is 24.9 Å². The van der Waals surface area contributed by atoms with E-state index >= 15 is 0 Å². The first-order chi connectivity index (χ1) is 13.9. The van der Waals surface area contributed by atoms with Gasteiger partial charge in [-0.2, -0.15) is 0 Å². The van der Waals surface area contributed by atoms with E-state index in [1.807, 2.05) is 0 Å². The molecule has 1 saturated heterocycles. The summed E-state index contributed by atoms with van der Waals surface area (Å²) < 4.78 is 29.1. The Kier molecular flexibility index (Phi) is 6.59. The van der Waals surface area contributed by atoms with Gasteiger partial charge < -0.3 is 24.2 Å². The number of ether oxygens (including phenoxy) is 3. The number of nitrogens with zero attached hydrogens (tertiary/aromatic N) is 1. The number of amides is 1. The number of likely N-dealkylation sites (tertiary alicyclic amines) is 1. The zero-order valence-electron chi connectivity index (χ0n) is 16.7. The average molecular weight is 403 g/mol. The first-order valence-corrected chi connectivity index (χ1v) is 9.55. The first-order valence-electron chi connectivity index (χ1n) is 9.55. The van der Waals surface area contributed by atoms with Crippen LogP contribution >= 0.6 is 0 Å². The minimum atomic E-state index is -1.05. The van der Waals surface area contributed by atoms with Crippen LogP contribution in [0, 0.1) is 5.82 Å². The third kappa shape index (κ3) is 5.38. The molecule has 0 aromatic heterocycles. The molecule has 1 heterocycles. The summed E-state index contributed by atoms with van der Waals surface area (Å²) in [6.45, 7) is 1.03. The maximum atomic E-state index is 13.0. The van der Waals surface area contributed by atoms with Crippen LogP contribution in [-0.2, 0) is 0 Å². The van der Waals surface area contributed by atoms with Gasteiger partial charge in [0.1, 0.15) is 35.3 Å². The van der Waals surface area contributed by atoms with Gasteiger partial charge in [0.2, 0.25) is 0 Å². The molecule has 0 radical (unpaired) electrons. The molecule has 1 unspecified atom stereocenters. The average Bonchev–Trinajstić information content (AvgIpc) is 2.94. The van der Waals surface area contributed by atoms with E-state index < -0.39 is 5.60 Å². The summed E-state index contributed by atoms with van der Waals surface area (Å²) in [5, 5.41) is 10.9. The molecule has 3 rings (SSSR count). The van der Waals surface area contributed by atoms with Crippen molar-refractivity contribution >= 4 is 5.91 Å². The van der Waals surface area contributed by atoms with E-state index in [1.165, 1.54) is 38.5 Å². The highest BCUT2D eigenvalue weighted by Crippen LogP contribution is 2.27. The molecule has 1 aliphatic heterocycles. The lowest BCUT2D eigenvalue weighted by Crippen LogP contribution is -2.38. The molecule has 1 N–H and O–H groups in total. The number of carbonyl (C=O) groups excluding carboxylic acids is 1. The van der Waals surface area contributed by atoms with Gasteiger partial charge >= 0.3 is 0 Å². The zero-order chi connectivity index (χ0) is 20.9.